The third kappa shape index (κ3) is 5.37. The molecule has 0 atom stereocenters. The minimum absolute atomic E-state index is 0.118. The van der Waals surface area contributed by atoms with Crippen LogP contribution in [0.1, 0.15) is 31.2 Å². The highest BCUT2D eigenvalue weighted by molar-refractivity contribution is 5.66. The van der Waals surface area contributed by atoms with Gasteiger partial charge in [-0.25, -0.2) is 0 Å². The molecular formula is C13H18N2O4. The zero-order chi connectivity index (χ0) is 14.3. The van der Waals surface area contributed by atoms with E-state index in [9.17, 15) is 14.9 Å². The highest BCUT2D eigenvalue weighted by Crippen LogP contribution is 2.21. The minimum atomic E-state index is -0.765. The number of carbonyl (C=O) groups is 1. The van der Waals surface area contributed by atoms with Crippen LogP contribution >= 0.6 is 0 Å². The Bertz CT molecular complexity index is 460. The summed E-state index contributed by atoms with van der Waals surface area (Å²) in [5, 5.41) is 22.3. The first kappa shape index (κ1) is 14.9. The van der Waals surface area contributed by atoms with Gasteiger partial charge < -0.3 is 10.4 Å². The first-order valence-electron chi connectivity index (χ1n) is 6.21. The van der Waals surface area contributed by atoms with E-state index in [0.29, 0.717) is 12.0 Å². The van der Waals surface area contributed by atoms with Gasteiger partial charge in [-0.05, 0) is 31.9 Å². The van der Waals surface area contributed by atoms with Crippen molar-refractivity contribution in [3.05, 3.63) is 33.9 Å². The van der Waals surface area contributed by atoms with Gasteiger partial charge in [0.2, 0.25) is 0 Å². The predicted octanol–water partition coefficient (Wildman–Crippen LogP) is 2.96. The molecule has 0 aliphatic carbocycles. The monoisotopic (exact) mass is 266 g/mol. The Morgan fingerprint density at radius 2 is 2.11 bits per heavy atom. The van der Waals surface area contributed by atoms with Crippen LogP contribution in [0.25, 0.3) is 0 Å². The highest BCUT2D eigenvalue weighted by Gasteiger charge is 2.09. The van der Waals surface area contributed by atoms with Gasteiger partial charge >= 0.3 is 5.97 Å². The molecule has 0 saturated carbocycles. The first-order valence-corrected chi connectivity index (χ1v) is 6.21. The summed E-state index contributed by atoms with van der Waals surface area (Å²) in [6, 6.07) is 4.92. The smallest absolute Gasteiger partial charge is 0.303 e. The van der Waals surface area contributed by atoms with Crippen molar-refractivity contribution >= 4 is 17.3 Å². The lowest BCUT2D eigenvalue weighted by molar-refractivity contribution is -0.385. The van der Waals surface area contributed by atoms with Gasteiger partial charge in [0.05, 0.1) is 4.92 Å². The van der Waals surface area contributed by atoms with Crippen molar-refractivity contribution in [2.24, 2.45) is 0 Å². The summed E-state index contributed by atoms with van der Waals surface area (Å²) in [6.07, 6.45) is 2.61. The van der Waals surface area contributed by atoms with Gasteiger partial charge in [-0.15, -0.1) is 0 Å². The van der Waals surface area contributed by atoms with Gasteiger partial charge in [0.1, 0.15) is 0 Å². The Labute approximate surface area is 111 Å². The largest absolute Gasteiger partial charge is 0.481 e. The third-order valence-electron chi connectivity index (χ3n) is 2.79. The van der Waals surface area contributed by atoms with E-state index >= 15 is 0 Å². The van der Waals surface area contributed by atoms with E-state index in [0.717, 1.165) is 25.1 Å². The van der Waals surface area contributed by atoms with Crippen molar-refractivity contribution in [3.8, 4) is 0 Å². The molecule has 0 amide bonds. The maximum absolute atomic E-state index is 10.7. The van der Waals surface area contributed by atoms with Gasteiger partial charge in [0.15, 0.2) is 0 Å². The number of nitro benzene ring substituents is 1. The van der Waals surface area contributed by atoms with Crippen molar-refractivity contribution in [2.45, 2.75) is 32.6 Å². The summed E-state index contributed by atoms with van der Waals surface area (Å²) in [6.45, 7) is 2.44. The Morgan fingerprint density at radius 1 is 1.37 bits per heavy atom. The first-order chi connectivity index (χ1) is 9.00. The lowest BCUT2D eigenvalue weighted by Crippen LogP contribution is -2.03. The minimum Gasteiger partial charge on any atom is -0.481 e. The standard InChI is InChI=1S/C13H18N2O4/c1-10-9-11(6-7-12(10)15(18)19)14-8-4-2-3-5-13(16)17/h6-7,9,14H,2-5,8H2,1H3,(H,16,17). The third-order valence-corrected chi connectivity index (χ3v) is 2.79. The number of anilines is 1. The van der Waals surface area contributed by atoms with Gasteiger partial charge in [0, 0.05) is 30.3 Å². The molecule has 0 unspecified atom stereocenters. The Balaban J connectivity index is 2.32. The Morgan fingerprint density at radius 3 is 2.68 bits per heavy atom. The van der Waals surface area contributed by atoms with Crippen molar-refractivity contribution in [1.82, 2.24) is 0 Å². The van der Waals surface area contributed by atoms with Crippen LogP contribution in [0.5, 0.6) is 0 Å². The summed E-state index contributed by atoms with van der Waals surface area (Å²) >= 11 is 0. The van der Waals surface area contributed by atoms with Crippen molar-refractivity contribution in [2.75, 3.05) is 11.9 Å². The van der Waals surface area contributed by atoms with E-state index in [1.807, 2.05) is 0 Å². The summed E-state index contributed by atoms with van der Waals surface area (Å²) in [5.41, 5.74) is 1.59. The number of benzene rings is 1. The molecule has 6 heteroatoms. The molecule has 0 radical (unpaired) electrons. The molecule has 0 heterocycles. The molecule has 1 aromatic rings. The quantitative estimate of drug-likeness (QED) is 0.428. The van der Waals surface area contributed by atoms with Crippen LogP contribution in [0, 0.1) is 17.0 Å². The maximum atomic E-state index is 10.7. The average molecular weight is 266 g/mol. The van der Waals surface area contributed by atoms with Crippen molar-refractivity contribution in [3.63, 3.8) is 0 Å². The molecule has 0 bridgehead atoms. The second-order valence-electron chi connectivity index (χ2n) is 4.39. The van der Waals surface area contributed by atoms with Gasteiger partial charge in [0.25, 0.3) is 5.69 Å². The fourth-order valence-corrected chi connectivity index (χ4v) is 1.78. The molecule has 1 rings (SSSR count). The van der Waals surface area contributed by atoms with Crippen LogP contribution < -0.4 is 5.32 Å². The van der Waals surface area contributed by atoms with E-state index < -0.39 is 10.9 Å². The van der Waals surface area contributed by atoms with E-state index in [4.69, 9.17) is 5.11 Å². The van der Waals surface area contributed by atoms with Crippen LogP contribution in [0.4, 0.5) is 11.4 Å². The summed E-state index contributed by atoms with van der Waals surface area (Å²) in [4.78, 5) is 20.6. The molecule has 0 aliphatic heterocycles. The van der Waals surface area contributed by atoms with E-state index in [2.05, 4.69) is 5.32 Å². The maximum Gasteiger partial charge on any atom is 0.303 e. The van der Waals surface area contributed by atoms with Crippen LogP contribution in [-0.4, -0.2) is 22.5 Å². The molecule has 0 aromatic heterocycles. The predicted molar refractivity (Wildman–Crippen MR) is 72.4 cm³/mol. The number of carboxylic acids is 1. The van der Waals surface area contributed by atoms with Crippen LogP contribution in [0.3, 0.4) is 0 Å². The number of nitro groups is 1. The number of aryl methyl sites for hydroxylation is 1. The van der Waals surface area contributed by atoms with E-state index in [1.165, 1.54) is 6.07 Å². The molecule has 1 aromatic carbocycles. The molecule has 0 fully saturated rings. The molecular weight excluding hydrogens is 248 g/mol. The topological polar surface area (TPSA) is 92.5 Å². The molecule has 104 valence electrons. The van der Waals surface area contributed by atoms with Crippen molar-refractivity contribution < 1.29 is 14.8 Å². The van der Waals surface area contributed by atoms with Crippen LogP contribution in [0.15, 0.2) is 18.2 Å². The number of hydrogen-bond donors (Lipinski definition) is 2. The Hall–Kier alpha value is -2.11. The second kappa shape index (κ2) is 7.35. The number of rotatable bonds is 8. The number of aliphatic carboxylic acids is 1. The van der Waals surface area contributed by atoms with Crippen LogP contribution in [-0.2, 0) is 4.79 Å². The number of nitrogens with one attached hydrogen (secondary N) is 1. The molecule has 19 heavy (non-hydrogen) atoms. The summed E-state index contributed by atoms with van der Waals surface area (Å²) < 4.78 is 0. The Kier molecular flexibility index (Phi) is 5.78. The molecule has 0 aliphatic rings. The fourth-order valence-electron chi connectivity index (χ4n) is 1.78. The van der Waals surface area contributed by atoms with E-state index in [1.54, 1.807) is 19.1 Å². The van der Waals surface area contributed by atoms with Crippen LogP contribution in [0.2, 0.25) is 0 Å². The molecule has 2 N–H and O–H groups in total. The lowest BCUT2D eigenvalue weighted by Gasteiger charge is -2.07. The fraction of sp³-hybridized carbons (Fsp3) is 0.462. The number of unbranched alkanes of at least 4 members (excludes halogenated alkanes) is 2. The molecule has 0 spiro atoms. The van der Waals surface area contributed by atoms with Gasteiger partial charge in [-0.3, -0.25) is 14.9 Å². The second-order valence-corrected chi connectivity index (χ2v) is 4.39. The summed E-state index contributed by atoms with van der Waals surface area (Å²) in [5.74, 6) is -0.765. The molecule has 0 saturated heterocycles. The number of nitrogens with zero attached hydrogens (tertiary/aromatic N) is 1. The van der Waals surface area contributed by atoms with E-state index in [-0.39, 0.29) is 12.1 Å². The zero-order valence-electron chi connectivity index (χ0n) is 10.9. The lowest BCUT2D eigenvalue weighted by atomic mass is 10.1. The highest BCUT2D eigenvalue weighted by atomic mass is 16.6. The number of carboxylic acid groups (broad SMARTS) is 1. The van der Waals surface area contributed by atoms with Gasteiger partial charge in [-0.2, -0.15) is 0 Å². The normalized spacial score (nSPS) is 10.2. The SMILES string of the molecule is Cc1cc(NCCCCCC(=O)O)ccc1[N+](=O)[O-]. The summed E-state index contributed by atoms with van der Waals surface area (Å²) in [7, 11) is 0. The zero-order valence-corrected chi connectivity index (χ0v) is 10.9. The molecule has 6 nitrogen and oxygen atoms in total. The number of hydrogen-bond acceptors (Lipinski definition) is 4. The van der Waals surface area contributed by atoms with Gasteiger partial charge in [-0.1, -0.05) is 6.42 Å². The van der Waals surface area contributed by atoms with Crippen molar-refractivity contribution in [1.29, 1.82) is 0 Å². The average Bonchev–Trinajstić information content (AvgIpc) is 2.32.